The van der Waals surface area contributed by atoms with E-state index in [1.807, 2.05) is 0 Å². The zero-order valence-electron chi connectivity index (χ0n) is 11.5. The van der Waals surface area contributed by atoms with Gasteiger partial charge in [0, 0.05) is 19.1 Å². The monoisotopic (exact) mass is 287 g/mol. The lowest BCUT2D eigenvalue weighted by molar-refractivity contribution is -0.190. The smallest absolute Gasteiger partial charge is 0.289 e. The Balaban J connectivity index is 2.19. The molecule has 6 heteroatoms. The van der Waals surface area contributed by atoms with Gasteiger partial charge in [0.1, 0.15) is 6.04 Å². The number of nitrogens with two attached hydrogens (primary N) is 1. The highest BCUT2D eigenvalue weighted by Gasteiger charge is 2.45. The maximum Gasteiger partial charge on any atom is 0.408 e. The third kappa shape index (κ3) is 3.50. The molecule has 1 aromatic rings. The van der Waals surface area contributed by atoms with Crippen LogP contribution in [-0.2, 0) is 0 Å². The molecule has 1 heterocycles. The maximum atomic E-state index is 13.4. The number of halogens is 3. The van der Waals surface area contributed by atoms with Crippen LogP contribution in [0.5, 0.6) is 0 Å². The van der Waals surface area contributed by atoms with E-state index in [1.165, 1.54) is 17.0 Å². The summed E-state index contributed by atoms with van der Waals surface area (Å²) < 4.78 is 40.2. The Labute approximate surface area is 117 Å². The Bertz CT molecular complexity index is 413. The lowest BCUT2D eigenvalue weighted by Gasteiger charge is -2.40. The van der Waals surface area contributed by atoms with Crippen molar-refractivity contribution in [2.24, 2.45) is 5.84 Å². The summed E-state index contributed by atoms with van der Waals surface area (Å²) in [5.41, 5.74) is 0.290. The summed E-state index contributed by atoms with van der Waals surface area (Å²) in [6.07, 6.45) is -2.96. The van der Waals surface area contributed by atoms with Crippen LogP contribution in [0.3, 0.4) is 0 Å². The van der Waals surface area contributed by atoms with Gasteiger partial charge in [0.25, 0.3) is 0 Å². The lowest BCUT2D eigenvalue weighted by Crippen LogP contribution is -2.49. The minimum Gasteiger partial charge on any atom is -0.289 e. The van der Waals surface area contributed by atoms with Gasteiger partial charge < -0.3 is 0 Å². The maximum absolute atomic E-state index is 13.4. The summed E-state index contributed by atoms with van der Waals surface area (Å²) in [4.78, 5) is 1.45. The number of hydrazine groups is 1. The topological polar surface area (TPSA) is 32.5 Å². The lowest BCUT2D eigenvalue weighted by atomic mass is 9.98. The average molecular weight is 287 g/mol. The number of hydrogen-bond donors (Lipinski definition) is 1. The van der Waals surface area contributed by atoms with E-state index < -0.39 is 12.2 Å². The Hall–Kier alpha value is -1.11. The molecule has 1 aromatic carbocycles. The van der Waals surface area contributed by atoms with Crippen LogP contribution in [0.1, 0.15) is 24.4 Å². The highest BCUT2D eigenvalue weighted by atomic mass is 19.4. The second-order valence-corrected chi connectivity index (χ2v) is 5.29. The molecular weight excluding hydrogens is 267 g/mol. The van der Waals surface area contributed by atoms with Gasteiger partial charge in [-0.3, -0.25) is 10.7 Å². The molecule has 0 aliphatic carbocycles. The number of alkyl halides is 3. The van der Waals surface area contributed by atoms with Gasteiger partial charge in [0.15, 0.2) is 0 Å². The Morgan fingerprint density at radius 1 is 1.20 bits per heavy atom. The predicted molar refractivity (Wildman–Crippen MR) is 71.8 cm³/mol. The van der Waals surface area contributed by atoms with Gasteiger partial charge >= 0.3 is 6.18 Å². The SMILES string of the molecule is CN(C1CCN(N)CC1)C(c1ccccc1)C(F)(F)F. The van der Waals surface area contributed by atoms with Crippen LogP contribution in [0.4, 0.5) is 13.2 Å². The molecule has 1 aliphatic heterocycles. The fraction of sp³-hybridized carbons (Fsp3) is 0.571. The Morgan fingerprint density at radius 2 is 1.75 bits per heavy atom. The van der Waals surface area contributed by atoms with Crippen LogP contribution in [0, 0.1) is 0 Å². The molecule has 0 aromatic heterocycles. The summed E-state index contributed by atoms with van der Waals surface area (Å²) in [6.45, 7) is 1.27. The van der Waals surface area contributed by atoms with Crippen molar-refractivity contribution in [3.8, 4) is 0 Å². The molecule has 112 valence electrons. The number of benzene rings is 1. The van der Waals surface area contributed by atoms with Crippen molar-refractivity contribution in [3.05, 3.63) is 35.9 Å². The van der Waals surface area contributed by atoms with E-state index in [-0.39, 0.29) is 11.6 Å². The first-order chi connectivity index (χ1) is 9.39. The molecular formula is C14H20F3N3. The first-order valence-electron chi connectivity index (χ1n) is 6.73. The highest BCUT2D eigenvalue weighted by molar-refractivity contribution is 5.20. The molecule has 3 nitrogen and oxygen atoms in total. The number of piperidine rings is 1. The molecule has 1 unspecified atom stereocenters. The molecule has 0 amide bonds. The van der Waals surface area contributed by atoms with Crippen molar-refractivity contribution in [1.82, 2.24) is 9.91 Å². The first-order valence-corrected chi connectivity index (χ1v) is 6.73. The van der Waals surface area contributed by atoms with Crippen molar-refractivity contribution >= 4 is 0 Å². The van der Waals surface area contributed by atoms with Crippen LogP contribution in [0.15, 0.2) is 30.3 Å². The van der Waals surface area contributed by atoms with E-state index in [0.29, 0.717) is 25.9 Å². The van der Waals surface area contributed by atoms with Gasteiger partial charge in [-0.1, -0.05) is 30.3 Å². The van der Waals surface area contributed by atoms with Gasteiger partial charge in [-0.25, -0.2) is 5.01 Å². The molecule has 0 saturated carbocycles. The summed E-state index contributed by atoms with van der Waals surface area (Å²) in [6, 6.07) is 6.43. The van der Waals surface area contributed by atoms with Crippen molar-refractivity contribution in [2.45, 2.75) is 31.1 Å². The Morgan fingerprint density at radius 3 is 2.25 bits per heavy atom. The molecule has 1 atom stereocenters. The van der Waals surface area contributed by atoms with Gasteiger partial charge in [-0.2, -0.15) is 13.2 Å². The summed E-state index contributed by atoms with van der Waals surface area (Å²) in [5, 5.41) is 1.66. The summed E-state index contributed by atoms with van der Waals surface area (Å²) in [5.74, 6) is 5.66. The third-order valence-corrected chi connectivity index (χ3v) is 3.91. The van der Waals surface area contributed by atoms with E-state index >= 15 is 0 Å². The molecule has 1 aliphatic rings. The fourth-order valence-electron chi connectivity index (χ4n) is 2.79. The van der Waals surface area contributed by atoms with Gasteiger partial charge in [0.05, 0.1) is 0 Å². The zero-order valence-corrected chi connectivity index (χ0v) is 11.5. The standard InChI is InChI=1S/C14H20F3N3/c1-19(12-7-9-20(18)10-8-12)13(14(15,16)17)11-5-3-2-4-6-11/h2-6,12-13H,7-10,18H2,1H3. The number of nitrogens with zero attached hydrogens (tertiary/aromatic N) is 2. The molecule has 2 N–H and O–H groups in total. The quantitative estimate of drug-likeness (QED) is 0.867. The largest absolute Gasteiger partial charge is 0.408 e. The second-order valence-electron chi connectivity index (χ2n) is 5.29. The van der Waals surface area contributed by atoms with E-state index in [2.05, 4.69) is 0 Å². The molecule has 0 spiro atoms. The van der Waals surface area contributed by atoms with Crippen LogP contribution >= 0.6 is 0 Å². The van der Waals surface area contributed by atoms with Gasteiger partial charge in [-0.15, -0.1) is 0 Å². The van der Waals surface area contributed by atoms with Crippen LogP contribution < -0.4 is 5.84 Å². The van der Waals surface area contributed by atoms with E-state index in [9.17, 15) is 13.2 Å². The predicted octanol–water partition coefficient (Wildman–Crippen LogP) is 2.56. The third-order valence-electron chi connectivity index (χ3n) is 3.91. The summed E-state index contributed by atoms with van der Waals surface area (Å²) in [7, 11) is 1.56. The normalized spacial score (nSPS) is 20.3. The minimum absolute atomic E-state index is 0.0957. The van der Waals surface area contributed by atoms with Crippen LogP contribution in [0.25, 0.3) is 0 Å². The molecule has 0 radical (unpaired) electrons. The molecule has 0 bridgehead atoms. The molecule has 2 rings (SSSR count). The molecule has 1 fully saturated rings. The summed E-state index contributed by atoms with van der Waals surface area (Å²) >= 11 is 0. The molecule has 1 saturated heterocycles. The van der Waals surface area contributed by atoms with Crippen molar-refractivity contribution in [1.29, 1.82) is 0 Å². The average Bonchev–Trinajstić information content (AvgIpc) is 2.39. The van der Waals surface area contributed by atoms with E-state index in [4.69, 9.17) is 5.84 Å². The first kappa shape index (κ1) is 15.3. The number of hydrogen-bond acceptors (Lipinski definition) is 3. The van der Waals surface area contributed by atoms with Gasteiger partial charge in [0.2, 0.25) is 0 Å². The van der Waals surface area contributed by atoms with Crippen LogP contribution in [0.2, 0.25) is 0 Å². The highest BCUT2D eigenvalue weighted by Crippen LogP contribution is 2.39. The van der Waals surface area contributed by atoms with Crippen LogP contribution in [-0.4, -0.2) is 42.3 Å². The Kier molecular flexibility index (Phi) is 4.67. The van der Waals surface area contributed by atoms with Gasteiger partial charge in [-0.05, 0) is 25.5 Å². The fourth-order valence-corrected chi connectivity index (χ4v) is 2.79. The van der Waals surface area contributed by atoms with Crippen molar-refractivity contribution in [3.63, 3.8) is 0 Å². The number of rotatable bonds is 3. The minimum atomic E-state index is -4.28. The molecule has 20 heavy (non-hydrogen) atoms. The van der Waals surface area contributed by atoms with Crippen molar-refractivity contribution < 1.29 is 13.2 Å². The van der Waals surface area contributed by atoms with E-state index in [1.54, 1.807) is 30.3 Å². The zero-order chi connectivity index (χ0) is 14.8. The van der Waals surface area contributed by atoms with Crippen molar-refractivity contribution in [2.75, 3.05) is 20.1 Å². The van der Waals surface area contributed by atoms with E-state index in [0.717, 1.165) is 0 Å². The second kappa shape index (κ2) is 6.11.